The number of carbonyl (C=O) groups is 2. The molecule has 1 heterocycles. The number of hydrogen-bond acceptors (Lipinski definition) is 5. The number of piperazine rings is 1. The second-order valence-electron chi connectivity index (χ2n) is 8.17. The Morgan fingerprint density at radius 1 is 0.909 bits per heavy atom. The molecule has 2 aromatic carbocycles. The highest BCUT2D eigenvalue weighted by molar-refractivity contribution is 5.93. The fraction of sp³-hybridized carbons (Fsp3) is 0.417. The van der Waals surface area contributed by atoms with E-state index in [4.69, 9.17) is 0 Å². The third kappa shape index (κ3) is 7.80. The number of anilines is 1. The minimum absolute atomic E-state index is 0.0384. The Labute approximate surface area is 192 Å². The van der Waals surface area contributed by atoms with Gasteiger partial charge in [-0.2, -0.15) is 8.78 Å². The van der Waals surface area contributed by atoms with Crippen molar-refractivity contribution in [1.82, 2.24) is 15.1 Å². The van der Waals surface area contributed by atoms with Gasteiger partial charge in [0.2, 0.25) is 11.8 Å². The van der Waals surface area contributed by atoms with Gasteiger partial charge < -0.3 is 15.4 Å². The predicted octanol–water partition coefficient (Wildman–Crippen LogP) is 2.78. The summed E-state index contributed by atoms with van der Waals surface area (Å²) in [7, 11) is 0. The molecule has 0 bridgehead atoms. The van der Waals surface area contributed by atoms with Crippen LogP contribution in [0.5, 0.6) is 5.75 Å². The first-order chi connectivity index (χ1) is 15.8. The van der Waals surface area contributed by atoms with E-state index < -0.39 is 6.61 Å². The molecule has 1 fully saturated rings. The zero-order valence-electron chi connectivity index (χ0n) is 18.9. The Balaban J connectivity index is 1.36. The number of amides is 2. The molecule has 0 aromatic heterocycles. The van der Waals surface area contributed by atoms with Gasteiger partial charge in [0.05, 0.1) is 13.1 Å². The molecule has 33 heavy (non-hydrogen) atoms. The molecule has 0 aliphatic carbocycles. The molecule has 0 atom stereocenters. The number of aryl methyl sites for hydroxylation is 2. The van der Waals surface area contributed by atoms with Crippen molar-refractivity contribution in [1.29, 1.82) is 0 Å². The lowest BCUT2D eigenvalue weighted by Crippen LogP contribution is -2.50. The number of rotatable bonds is 9. The lowest BCUT2D eigenvalue weighted by atomic mass is 10.1. The zero-order chi connectivity index (χ0) is 23.8. The average molecular weight is 461 g/mol. The standard InChI is InChI=1S/C24H30F2N4O3/c1-17-4-3-5-18(2)23(17)28-22(32)16-30-12-10-29(11-13-30)15-21(31)27-14-19-6-8-20(9-7-19)33-24(25)26/h3-9,24H,10-16H2,1-2H3,(H,27,31)(H,28,32). The van der Waals surface area contributed by atoms with E-state index >= 15 is 0 Å². The largest absolute Gasteiger partial charge is 0.435 e. The van der Waals surface area contributed by atoms with Gasteiger partial charge in [-0.25, -0.2) is 0 Å². The summed E-state index contributed by atoms with van der Waals surface area (Å²) in [5, 5.41) is 5.85. The second-order valence-corrected chi connectivity index (χ2v) is 8.17. The number of alkyl halides is 2. The van der Waals surface area contributed by atoms with E-state index in [9.17, 15) is 18.4 Å². The maximum absolute atomic E-state index is 12.5. The van der Waals surface area contributed by atoms with Gasteiger partial charge in [-0.3, -0.25) is 19.4 Å². The molecule has 0 spiro atoms. The summed E-state index contributed by atoms with van der Waals surface area (Å²) in [6.07, 6.45) is 0. The van der Waals surface area contributed by atoms with E-state index in [1.54, 1.807) is 12.1 Å². The summed E-state index contributed by atoms with van der Waals surface area (Å²) in [4.78, 5) is 28.9. The van der Waals surface area contributed by atoms with Crippen molar-refractivity contribution in [3.8, 4) is 5.75 Å². The van der Waals surface area contributed by atoms with Gasteiger partial charge in [0, 0.05) is 38.4 Å². The normalized spacial score (nSPS) is 14.8. The first-order valence-electron chi connectivity index (χ1n) is 10.9. The monoisotopic (exact) mass is 460 g/mol. The number of para-hydroxylation sites is 1. The topological polar surface area (TPSA) is 73.9 Å². The van der Waals surface area contributed by atoms with Crippen molar-refractivity contribution in [2.45, 2.75) is 27.0 Å². The predicted molar refractivity (Wildman–Crippen MR) is 122 cm³/mol. The molecule has 2 amide bonds. The summed E-state index contributed by atoms with van der Waals surface area (Å²) in [6, 6.07) is 12.1. The van der Waals surface area contributed by atoms with Crippen LogP contribution < -0.4 is 15.4 Å². The minimum atomic E-state index is -2.86. The molecular formula is C24H30F2N4O3. The first-order valence-corrected chi connectivity index (χ1v) is 10.9. The smallest absolute Gasteiger partial charge is 0.387 e. The molecule has 1 saturated heterocycles. The van der Waals surface area contributed by atoms with Crippen molar-refractivity contribution in [2.75, 3.05) is 44.6 Å². The number of hydrogen-bond donors (Lipinski definition) is 2. The molecule has 3 rings (SSSR count). The highest BCUT2D eigenvalue weighted by atomic mass is 19.3. The van der Waals surface area contributed by atoms with Crippen LogP contribution in [0.15, 0.2) is 42.5 Å². The Morgan fingerprint density at radius 3 is 2.00 bits per heavy atom. The third-order valence-corrected chi connectivity index (χ3v) is 5.58. The molecule has 0 unspecified atom stereocenters. The van der Waals surface area contributed by atoms with Crippen molar-refractivity contribution in [3.63, 3.8) is 0 Å². The summed E-state index contributed by atoms with van der Waals surface area (Å²) < 4.78 is 28.7. The molecule has 0 saturated carbocycles. The number of halogens is 2. The van der Waals surface area contributed by atoms with Crippen LogP contribution in [0, 0.1) is 13.8 Å². The fourth-order valence-corrected chi connectivity index (χ4v) is 3.75. The average Bonchev–Trinajstić information content (AvgIpc) is 2.77. The summed E-state index contributed by atoms with van der Waals surface area (Å²) in [5.41, 5.74) is 3.74. The first kappa shape index (κ1) is 24.6. The van der Waals surface area contributed by atoms with Crippen LogP contribution in [0.4, 0.5) is 14.5 Å². The Hall–Kier alpha value is -3.04. The van der Waals surface area contributed by atoms with Crippen LogP contribution in [0.2, 0.25) is 0 Å². The fourth-order valence-electron chi connectivity index (χ4n) is 3.75. The second kappa shape index (κ2) is 11.7. The Kier molecular flexibility index (Phi) is 8.73. The summed E-state index contributed by atoms with van der Waals surface area (Å²) >= 11 is 0. The van der Waals surface area contributed by atoms with Crippen LogP contribution in [0.25, 0.3) is 0 Å². The van der Waals surface area contributed by atoms with E-state index in [1.165, 1.54) is 12.1 Å². The molecule has 7 nitrogen and oxygen atoms in total. The highest BCUT2D eigenvalue weighted by Gasteiger charge is 2.21. The summed E-state index contributed by atoms with van der Waals surface area (Å²) in [5.74, 6) is -0.0617. The minimum Gasteiger partial charge on any atom is -0.435 e. The number of nitrogens with one attached hydrogen (secondary N) is 2. The van der Waals surface area contributed by atoms with Crippen LogP contribution in [-0.2, 0) is 16.1 Å². The molecule has 178 valence electrons. The molecule has 9 heteroatoms. The van der Waals surface area contributed by atoms with E-state index in [2.05, 4.69) is 25.2 Å². The van der Waals surface area contributed by atoms with Crippen molar-refractivity contribution in [3.05, 3.63) is 59.2 Å². The van der Waals surface area contributed by atoms with Crippen molar-refractivity contribution < 1.29 is 23.1 Å². The molecular weight excluding hydrogens is 430 g/mol. The quantitative estimate of drug-likeness (QED) is 0.602. The van der Waals surface area contributed by atoms with Gasteiger partial charge in [-0.1, -0.05) is 30.3 Å². The third-order valence-electron chi connectivity index (χ3n) is 5.58. The van der Waals surface area contributed by atoms with Gasteiger partial charge in [-0.15, -0.1) is 0 Å². The van der Waals surface area contributed by atoms with Crippen molar-refractivity contribution >= 4 is 17.5 Å². The van der Waals surface area contributed by atoms with Crippen molar-refractivity contribution in [2.24, 2.45) is 0 Å². The zero-order valence-corrected chi connectivity index (χ0v) is 18.9. The van der Waals surface area contributed by atoms with E-state index in [0.29, 0.717) is 39.3 Å². The van der Waals surface area contributed by atoms with Gasteiger partial charge in [-0.05, 0) is 42.7 Å². The van der Waals surface area contributed by atoms with Crippen LogP contribution >= 0.6 is 0 Å². The number of benzene rings is 2. The van der Waals surface area contributed by atoms with Gasteiger partial charge >= 0.3 is 6.61 Å². The molecule has 1 aliphatic heterocycles. The van der Waals surface area contributed by atoms with Gasteiger partial charge in [0.1, 0.15) is 5.75 Å². The molecule has 2 aromatic rings. The van der Waals surface area contributed by atoms with Crippen LogP contribution in [-0.4, -0.2) is 67.5 Å². The maximum atomic E-state index is 12.5. The van der Waals surface area contributed by atoms with E-state index in [0.717, 1.165) is 22.4 Å². The Morgan fingerprint density at radius 2 is 1.45 bits per heavy atom. The molecule has 1 aliphatic rings. The van der Waals surface area contributed by atoms with Gasteiger partial charge in [0.15, 0.2) is 0 Å². The van der Waals surface area contributed by atoms with Crippen LogP contribution in [0.1, 0.15) is 16.7 Å². The van der Waals surface area contributed by atoms with Crippen LogP contribution in [0.3, 0.4) is 0 Å². The molecule has 0 radical (unpaired) electrons. The van der Waals surface area contributed by atoms with Gasteiger partial charge in [0.25, 0.3) is 0 Å². The number of nitrogens with zero attached hydrogens (tertiary/aromatic N) is 2. The highest BCUT2D eigenvalue weighted by Crippen LogP contribution is 2.19. The van der Waals surface area contributed by atoms with E-state index in [-0.39, 0.29) is 24.1 Å². The summed E-state index contributed by atoms with van der Waals surface area (Å²) in [6.45, 7) is 4.81. The lowest BCUT2D eigenvalue weighted by Gasteiger charge is -2.33. The number of ether oxygens (including phenoxy) is 1. The Bertz CT molecular complexity index is 925. The lowest BCUT2D eigenvalue weighted by molar-refractivity contribution is -0.123. The van der Waals surface area contributed by atoms with E-state index in [1.807, 2.05) is 32.0 Å². The molecule has 2 N–H and O–H groups in total. The SMILES string of the molecule is Cc1cccc(C)c1NC(=O)CN1CCN(CC(=O)NCc2ccc(OC(F)F)cc2)CC1. The maximum Gasteiger partial charge on any atom is 0.387 e. The number of carbonyl (C=O) groups excluding carboxylic acids is 2.